The fourth-order valence-electron chi connectivity index (χ4n) is 3.07. The molecular weight excluding hydrogens is 439 g/mol. The van der Waals surface area contributed by atoms with Crippen molar-refractivity contribution >= 4 is 27.5 Å². The molecule has 0 radical (unpaired) electrons. The molecular formula is C23H22ClFN2O3S. The van der Waals surface area contributed by atoms with E-state index in [4.69, 9.17) is 11.6 Å². The van der Waals surface area contributed by atoms with Crippen molar-refractivity contribution < 1.29 is 17.6 Å². The van der Waals surface area contributed by atoms with Gasteiger partial charge in [-0.15, -0.1) is 0 Å². The fourth-order valence-corrected chi connectivity index (χ4v) is 4.57. The first-order valence-corrected chi connectivity index (χ1v) is 11.4. The average molecular weight is 461 g/mol. The molecule has 0 fully saturated rings. The third-order valence-corrected chi connectivity index (χ3v) is 6.81. The van der Waals surface area contributed by atoms with E-state index < -0.39 is 28.3 Å². The number of hydrogen-bond acceptors (Lipinski definition) is 3. The molecule has 0 saturated heterocycles. The van der Waals surface area contributed by atoms with E-state index in [-0.39, 0.29) is 23.0 Å². The number of halogens is 2. The summed E-state index contributed by atoms with van der Waals surface area (Å²) in [7, 11) is -4.08. The van der Waals surface area contributed by atoms with Crippen LogP contribution in [0.1, 0.15) is 24.1 Å². The van der Waals surface area contributed by atoms with Gasteiger partial charge in [0.05, 0.1) is 17.5 Å². The summed E-state index contributed by atoms with van der Waals surface area (Å²) in [5, 5.41) is 3.18. The van der Waals surface area contributed by atoms with E-state index in [2.05, 4.69) is 5.32 Å². The molecule has 1 N–H and O–H groups in total. The molecule has 3 aromatic rings. The molecule has 0 heterocycles. The summed E-state index contributed by atoms with van der Waals surface area (Å²) in [6.07, 6.45) is 0. The second-order valence-corrected chi connectivity index (χ2v) is 9.39. The molecule has 0 aliphatic rings. The molecule has 0 aromatic heterocycles. The zero-order chi connectivity index (χ0) is 22.4. The molecule has 3 aromatic carbocycles. The first-order valence-electron chi connectivity index (χ1n) is 9.61. The zero-order valence-corrected chi connectivity index (χ0v) is 18.4. The molecule has 0 bridgehead atoms. The Hall–Kier alpha value is -2.74. The minimum atomic E-state index is -4.08. The van der Waals surface area contributed by atoms with E-state index in [1.54, 1.807) is 6.07 Å². The third kappa shape index (κ3) is 5.91. The van der Waals surface area contributed by atoms with Gasteiger partial charge in [0.15, 0.2) is 0 Å². The van der Waals surface area contributed by atoms with Crippen molar-refractivity contribution in [3.8, 4) is 0 Å². The Morgan fingerprint density at radius 1 is 1.00 bits per heavy atom. The van der Waals surface area contributed by atoms with Crippen LogP contribution in [-0.2, 0) is 21.4 Å². The van der Waals surface area contributed by atoms with Gasteiger partial charge < -0.3 is 5.32 Å². The van der Waals surface area contributed by atoms with E-state index >= 15 is 0 Å². The number of sulfonamides is 1. The summed E-state index contributed by atoms with van der Waals surface area (Å²) in [5.41, 5.74) is 1.06. The van der Waals surface area contributed by atoms with Gasteiger partial charge >= 0.3 is 0 Å². The lowest BCUT2D eigenvalue weighted by atomic mass is 10.1. The van der Waals surface area contributed by atoms with E-state index in [0.29, 0.717) is 5.02 Å². The summed E-state index contributed by atoms with van der Waals surface area (Å²) in [6, 6.07) is 20.5. The van der Waals surface area contributed by atoms with Gasteiger partial charge in [-0.2, -0.15) is 4.31 Å². The topological polar surface area (TPSA) is 66.5 Å². The van der Waals surface area contributed by atoms with Crippen LogP contribution in [0.15, 0.2) is 83.8 Å². The minimum absolute atomic E-state index is 0.0304. The van der Waals surface area contributed by atoms with E-state index in [1.807, 2.05) is 37.3 Å². The highest BCUT2D eigenvalue weighted by Gasteiger charge is 2.28. The minimum Gasteiger partial charge on any atom is -0.348 e. The largest absolute Gasteiger partial charge is 0.348 e. The van der Waals surface area contributed by atoms with Crippen LogP contribution in [0.3, 0.4) is 0 Å². The highest BCUT2D eigenvalue weighted by Crippen LogP contribution is 2.22. The molecule has 3 rings (SSSR count). The Balaban J connectivity index is 1.85. The van der Waals surface area contributed by atoms with Gasteiger partial charge in [-0.3, -0.25) is 4.79 Å². The number of amides is 1. The maximum absolute atomic E-state index is 14.2. The lowest BCUT2D eigenvalue weighted by molar-refractivity contribution is -0.122. The van der Waals surface area contributed by atoms with Crippen molar-refractivity contribution in [1.29, 1.82) is 0 Å². The molecule has 162 valence electrons. The van der Waals surface area contributed by atoms with Crippen LogP contribution in [0.5, 0.6) is 0 Å². The Kier molecular flexibility index (Phi) is 7.43. The molecule has 5 nitrogen and oxygen atoms in total. The summed E-state index contributed by atoms with van der Waals surface area (Å²) >= 11 is 5.87. The first kappa shape index (κ1) is 22.9. The van der Waals surface area contributed by atoms with Crippen molar-refractivity contribution in [1.82, 2.24) is 9.62 Å². The number of benzene rings is 3. The Labute approximate surface area is 186 Å². The maximum atomic E-state index is 14.2. The predicted octanol–water partition coefficient (Wildman–Crippen LogP) is 4.55. The lowest BCUT2D eigenvalue weighted by Gasteiger charge is -2.23. The van der Waals surface area contributed by atoms with Crippen LogP contribution >= 0.6 is 11.6 Å². The normalized spacial score (nSPS) is 12.5. The Bertz CT molecular complexity index is 1140. The van der Waals surface area contributed by atoms with Gasteiger partial charge in [-0.1, -0.05) is 60.1 Å². The summed E-state index contributed by atoms with van der Waals surface area (Å²) < 4.78 is 41.6. The number of nitrogens with one attached hydrogen (secondary N) is 1. The van der Waals surface area contributed by atoms with Gasteiger partial charge in [-0.25, -0.2) is 12.8 Å². The van der Waals surface area contributed by atoms with Crippen molar-refractivity contribution in [3.05, 3.63) is 101 Å². The van der Waals surface area contributed by atoms with Crippen molar-refractivity contribution in [2.75, 3.05) is 6.54 Å². The van der Waals surface area contributed by atoms with E-state index in [0.717, 1.165) is 9.87 Å². The van der Waals surface area contributed by atoms with Crippen LogP contribution in [0.2, 0.25) is 5.02 Å². The zero-order valence-electron chi connectivity index (χ0n) is 16.8. The smallest absolute Gasteiger partial charge is 0.243 e. The van der Waals surface area contributed by atoms with Crippen LogP contribution in [0, 0.1) is 5.82 Å². The number of rotatable bonds is 8. The van der Waals surface area contributed by atoms with Crippen molar-refractivity contribution in [2.45, 2.75) is 24.4 Å². The summed E-state index contributed by atoms with van der Waals surface area (Å²) in [5.74, 6) is -1.04. The highest BCUT2D eigenvalue weighted by atomic mass is 35.5. The molecule has 1 amide bonds. The van der Waals surface area contributed by atoms with Gasteiger partial charge in [0.25, 0.3) is 0 Å². The van der Waals surface area contributed by atoms with E-state index in [1.165, 1.54) is 42.5 Å². The molecule has 31 heavy (non-hydrogen) atoms. The van der Waals surface area contributed by atoms with Crippen LogP contribution in [0.25, 0.3) is 0 Å². The third-order valence-electron chi connectivity index (χ3n) is 4.75. The highest BCUT2D eigenvalue weighted by molar-refractivity contribution is 7.89. The molecule has 0 aliphatic heterocycles. The van der Waals surface area contributed by atoms with Gasteiger partial charge in [0.1, 0.15) is 5.82 Å². The van der Waals surface area contributed by atoms with Crippen LogP contribution in [-0.4, -0.2) is 25.2 Å². The van der Waals surface area contributed by atoms with Gasteiger partial charge in [0.2, 0.25) is 15.9 Å². The second kappa shape index (κ2) is 10.0. The Morgan fingerprint density at radius 2 is 1.61 bits per heavy atom. The molecule has 0 unspecified atom stereocenters. The summed E-state index contributed by atoms with van der Waals surface area (Å²) in [6.45, 7) is 1.06. The number of nitrogens with zero attached hydrogens (tertiary/aromatic N) is 1. The first-order chi connectivity index (χ1) is 14.8. The van der Waals surface area contributed by atoms with Crippen LogP contribution < -0.4 is 5.32 Å². The number of carbonyl (C=O) groups is 1. The second-order valence-electron chi connectivity index (χ2n) is 7.02. The molecule has 0 saturated carbocycles. The van der Waals surface area contributed by atoms with Gasteiger partial charge in [0, 0.05) is 17.1 Å². The van der Waals surface area contributed by atoms with Gasteiger partial charge in [-0.05, 0) is 42.8 Å². The molecule has 0 aliphatic carbocycles. The predicted molar refractivity (Wildman–Crippen MR) is 118 cm³/mol. The SMILES string of the molecule is C[C@@H](NC(=O)CN(Cc1ccccc1F)S(=O)(=O)c1ccc(Cl)cc1)c1ccccc1. The van der Waals surface area contributed by atoms with Crippen molar-refractivity contribution in [2.24, 2.45) is 0 Å². The molecule has 8 heteroatoms. The molecule has 0 spiro atoms. The monoisotopic (exact) mass is 460 g/mol. The quantitative estimate of drug-likeness (QED) is 0.536. The van der Waals surface area contributed by atoms with E-state index in [9.17, 15) is 17.6 Å². The van der Waals surface area contributed by atoms with Crippen LogP contribution in [0.4, 0.5) is 4.39 Å². The standard InChI is InChI=1S/C23H22ClFN2O3S/c1-17(18-7-3-2-4-8-18)26-23(28)16-27(15-19-9-5-6-10-22(19)25)31(29,30)21-13-11-20(24)12-14-21/h2-14,17H,15-16H2,1H3,(H,26,28)/t17-/m1/s1. The Morgan fingerprint density at radius 3 is 2.26 bits per heavy atom. The lowest BCUT2D eigenvalue weighted by Crippen LogP contribution is -2.41. The fraction of sp³-hybridized carbons (Fsp3) is 0.174. The maximum Gasteiger partial charge on any atom is 0.243 e. The number of carbonyl (C=O) groups excluding carboxylic acids is 1. The molecule has 1 atom stereocenters. The number of hydrogen-bond donors (Lipinski definition) is 1. The summed E-state index contributed by atoms with van der Waals surface area (Å²) in [4.78, 5) is 12.7. The average Bonchev–Trinajstić information content (AvgIpc) is 2.75. The van der Waals surface area contributed by atoms with Crippen molar-refractivity contribution in [3.63, 3.8) is 0 Å².